The highest BCUT2D eigenvalue weighted by molar-refractivity contribution is 7.99. The van der Waals surface area contributed by atoms with Crippen LogP contribution in [0.25, 0.3) is 0 Å². The van der Waals surface area contributed by atoms with Crippen molar-refractivity contribution in [2.45, 2.75) is 84.3 Å². The van der Waals surface area contributed by atoms with E-state index in [9.17, 15) is 4.79 Å². The first-order valence-corrected chi connectivity index (χ1v) is 11.9. The number of hydrogen-bond donors (Lipinski definition) is 0. The molecule has 2 aromatic rings. The van der Waals surface area contributed by atoms with Gasteiger partial charge in [0.15, 0.2) is 11.0 Å². The van der Waals surface area contributed by atoms with E-state index >= 15 is 0 Å². The molecule has 0 unspecified atom stereocenters. The van der Waals surface area contributed by atoms with Crippen LogP contribution in [0.15, 0.2) is 29.4 Å². The fourth-order valence-corrected chi connectivity index (χ4v) is 4.69. The zero-order valence-electron chi connectivity index (χ0n) is 18.8. The van der Waals surface area contributed by atoms with Gasteiger partial charge in [-0.15, -0.1) is 10.2 Å². The Hall–Kier alpha value is -1.73. The number of halogens is 1. The molecule has 1 heterocycles. The number of hydrogen-bond acceptors (Lipinski definition) is 5. The van der Waals surface area contributed by atoms with Crippen LogP contribution in [0.4, 0.5) is 0 Å². The highest BCUT2D eigenvalue weighted by atomic mass is 35.5. The number of aromatic nitrogens is 3. The summed E-state index contributed by atoms with van der Waals surface area (Å²) in [7, 11) is 0. The second-order valence-corrected chi connectivity index (χ2v) is 9.09. The quantitative estimate of drug-likeness (QED) is 0.414. The van der Waals surface area contributed by atoms with Crippen molar-refractivity contribution >= 4 is 29.3 Å². The molecule has 2 rings (SSSR count). The van der Waals surface area contributed by atoms with Gasteiger partial charge in [0.25, 0.3) is 0 Å². The number of para-hydroxylation sites is 1. The maximum absolute atomic E-state index is 12.8. The molecule has 0 spiro atoms. The molecule has 0 radical (unpaired) electrons. The largest absolute Gasteiger partial charge is 0.484 e. The molecule has 30 heavy (non-hydrogen) atoms. The topological polar surface area (TPSA) is 60.2 Å². The lowest BCUT2D eigenvalue weighted by Gasteiger charge is -2.30. The van der Waals surface area contributed by atoms with Crippen molar-refractivity contribution in [3.05, 3.63) is 35.1 Å². The van der Waals surface area contributed by atoms with Crippen LogP contribution in [0.1, 0.15) is 66.3 Å². The van der Waals surface area contributed by atoms with E-state index in [0.717, 1.165) is 23.8 Å². The van der Waals surface area contributed by atoms with Gasteiger partial charge in [-0.1, -0.05) is 49.3 Å². The molecule has 0 bridgehead atoms. The second-order valence-electron chi connectivity index (χ2n) is 7.74. The lowest BCUT2D eigenvalue weighted by molar-refractivity contribution is -0.131. The van der Waals surface area contributed by atoms with Gasteiger partial charge in [-0.2, -0.15) is 0 Å². The van der Waals surface area contributed by atoms with Crippen LogP contribution in [0.2, 0.25) is 5.02 Å². The monoisotopic (exact) mass is 452 g/mol. The summed E-state index contributed by atoms with van der Waals surface area (Å²) < 4.78 is 8.02. The van der Waals surface area contributed by atoms with Gasteiger partial charge >= 0.3 is 0 Å². The predicted molar refractivity (Wildman–Crippen MR) is 123 cm³/mol. The second kappa shape index (κ2) is 11.6. The Morgan fingerprint density at radius 2 is 1.77 bits per heavy atom. The number of thioether (sulfide) groups is 1. The highest BCUT2D eigenvalue weighted by Crippen LogP contribution is 2.28. The third kappa shape index (κ3) is 6.14. The van der Waals surface area contributed by atoms with Gasteiger partial charge in [-0.3, -0.25) is 4.79 Å². The summed E-state index contributed by atoms with van der Waals surface area (Å²) >= 11 is 7.64. The van der Waals surface area contributed by atoms with Crippen LogP contribution < -0.4 is 4.74 Å². The van der Waals surface area contributed by atoms with E-state index in [1.165, 1.54) is 11.8 Å². The number of carbonyl (C=O) groups is 1. The smallest absolute Gasteiger partial charge is 0.233 e. The fourth-order valence-electron chi connectivity index (χ4n) is 3.60. The van der Waals surface area contributed by atoms with Gasteiger partial charge in [0.1, 0.15) is 12.4 Å². The van der Waals surface area contributed by atoms with Gasteiger partial charge in [0, 0.05) is 18.1 Å². The van der Waals surface area contributed by atoms with Gasteiger partial charge < -0.3 is 14.2 Å². The lowest BCUT2D eigenvalue weighted by atomic mass is 10.2. The maximum Gasteiger partial charge on any atom is 0.233 e. The molecule has 0 saturated carbocycles. The first-order valence-electron chi connectivity index (χ1n) is 10.5. The SMILES string of the molecule is CCC(CC)n1c(COc2ccccc2Cl)nnc1SCC(=O)N(C(C)C)C(C)C. The average molecular weight is 453 g/mol. The van der Waals surface area contributed by atoms with Crippen LogP contribution >= 0.6 is 23.4 Å². The molecule has 1 aromatic heterocycles. The molecule has 0 atom stereocenters. The van der Waals surface area contributed by atoms with Crippen molar-refractivity contribution in [1.82, 2.24) is 19.7 Å². The summed E-state index contributed by atoms with van der Waals surface area (Å²) in [5, 5.41) is 10.1. The van der Waals surface area contributed by atoms with Crippen molar-refractivity contribution in [3.63, 3.8) is 0 Å². The Morgan fingerprint density at radius 3 is 2.33 bits per heavy atom. The average Bonchev–Trinajstić information content (AvgIpc) is 3.09. The van der Waals surface area contributed by atoms with Crippen LogP contribution in [0, 0.1) is 0 Å². The summed E-state index contributed by atoms with van der Waals surface area (Å²) in [6.45, 7) is 12.7. The molecule has 8 heteroatoms. The third-order valence-corrected chi connectivity index (χ3v) is 6.20. The van der Waals surface area contributed by atoms with Crippen molar-refractivity contribution in [3.8, 4) is 5.75 Å². The van der Waals surface area contributed by atoms with E-state index in [1.807, 2.05) is 50.8 Å². The highest BCUT2D eigenvalue weighted by Gasteiger charge is 2.23. The van der Waals surface area contributed by atoms with Crippen molar-refractivity contribution in [2.24, 2.45) is 0 Å². The number of carbonyl (C=O) groups excluding carboxylic acids is 1. The first kappa shape index (κ1) is 24.5. The predicted octanol–water partition coefficient (Wildman–Crippen LogP) is 5.61. The molecule has 0 aliphatic carbocycles. The van der Waals surface area contributed by atoms with E-state index in [4.69, 9.17) is 16.3 Å². The van der Waals surface area contributed by atoms with Gasteiger partial charge in [0.2, 0.25) is 5.91 Å². The Bertz CT molecular complexity index is 813. The van der Waals surface area contributed by atoms with Crippen LogP contribution in [0.5, 0.6) is 5.75 Å². The molecular weight excluding hydrogens is 420 g/mol. The zero-order chi connectivity index (χ0) is 22.3. The van der Waals surface area contributed by atoms with Crippen molar-refractivity contribution < 1.29 is 9.53 Å². The zero-order valence-corrected chi connectivity index (χ0v) is 20.3. The summed E-state index contributed by atoms with van der Waals surface area (Å²) in [6.07, 6.45) is 1.89. The standard InChI is InChI=1S/C22H33ClN4O2S/c1-7-17(8-2)27-20(13-29-19-12-10-9-11-18(19)23)24-25-22(27)30-14-21(28)26(15(3)4)16(5)6/h9-12,15-17H,7-8,13-14H2,1-6H3. The van der Waals surface area contributed by atoms with Gasteiger partial charge in [0.05, 0.1) is 10.8 Å². The molecule has 0 fully saturated rings. The molecular formula is C22H33ClN4O2S. The van der Waals surface area contributed by atoms with E-state index < -0.39 is 0 Å². The minimum Gasteiger partial charge on any atom is -0.484 e. The molecule has 1 amide bonds. The molecule has 6 nitrogen and oxygen atoms in total. The van der Waals surface area contributed by atoms with E-state index in [0.29, 0.717) is 16.5 Å². The van der Waals surface area contributed by atoms with Crippen LogP contribution in [0.3, 0.4) is 0 Å². The van der Waals surface area contributed by atoms with Gasteiger partial charge in [-0.05, 0) is 52.7 Å². The summed E-state index contributed by atoms with van der Waals surface area (Å²) in [6, 6.07) is 7.95. The molecule has 0 aliphatic rings. The van der Waals surface area contributed by atoms with E-state index in [-0.39, 0.29) is 30.6 Å². The fraction of sp³-hybridized carbons (Fsp3) is 0.591. The third-order valence-electron chi connectivity index (χ3n) is 4.96. The number of nitrogens with zero attached hydrogens (tertiary/aromatic N) is 4. The van der Waals surface area contributed by atoms with Crippen molar-refractivity contribution in [1.29, 1.82) is 0 Å². The van der Waals surface area contributed by atoms with Gasteiger partial charge in [-0.25, -0.2) is 0 Å². The first-order chi connectivity index (χ1) is 14.3. The molecule has 1 aromatic carbocycles. The Labute approximate surface area is 189 Å². The normalized spacial score (nSPS) is 11.5. The minimum atomic E-state index is 0.109. The number of rotatable bonds is 11. The summed E-state index contributed by atoms with van der Waals surface area (Å²) in [5.74, 6) is 1.80. The molecule has 0 aliphatic heterocycles. The number of benzene rings is 1. The Morgan fingerprint density at radius 1 is 1.13 bits per heavy atom. The molecule has 0 saturated heterocycles. The maximum atomic E-state index is 12.8. The Kier molecular flexibility index (Phi) is 9.49. The van der Waals surface area contributed by atoms with Crippen LogP contribution in [-0.2, 0) is 11.4 Å². The molecule has 166 valence electrons. The number of amides is 1. The lowest BCUT2D eigenvalue weighted by Crippen LogP contribution is -2.43. The Balaban J connectivity index is 2.19. The summed E-state index contributed by atoms with van der Waals surface area (Å²) in [4.78, 5) is 14.7. The minimum absolute atomic E-state index is 0.109. The van der Waals surface area contributed by atoms with E-state index in [2.05, 4.69) is 28.6 Å². The number of ether oxygens (including phenoxy) is 1. The van der Waals surface area contributed by atoms with Crippen LogP contribution in [-0.4, -0.2) is 43.4 Å². The van der Waals surface area contributed by atoms with Crippen molar-refractivity contribution in [2.75, 3.05) is 5.75 Å². The molecule has 0 N–H and O–H groups in total. The summed E-state index contributed by atoms with van der Waals surface area (Å²) in [5.41, 5.74) is 0. The van der Waals surface area contributed by atoms with E-state index in [1.54, 1.807) is 6.07 Å².